The molecule has 0 saturated carbocycles. The average Bonchev–Trinajstić information content (AvgIpc) is 2.00. The number of rotatable bonds is 6. The summed E-state index contributed by atoms with van der Waals surface area (Å²) in [6, 6.07) is 0. The molecule has 0 bridgehead atoms. The molecule has 0 radical (unpaired) electrons. The lowest BCUT2D eigenvalue weighted by Crippen LogP contribution is -2.20. The quantitative estimate of drug-likeness (QED) is 0.455. The molecule has 5 heteroatoms. The van der Waals surface area contributed by atoms with E-state index in [-0.39, 0.29) is 6.42 Å². The summed E-state index contributed by atoms with van der Waals surface area (Å²) in [5.74, 6) is -2.46. The van der Waals surface area contributed by atoms with Crippen molar-refractivity contribution in [2.75, 3.05) is 6.54 Å². The molecule has 0 heterocycles. The molecule has 0 aliphatic carbocycles. The highest BCUT2D eigenvalue weighted by Gasteiger charge is 2.16. The van der Waals surface area contributed by atoms with E-state index in [1.807, 2.05) is 0 Å². The number of ketones is 1. The molecule has 1 atom stereocenters. The predicted molar refractivity (Wildman–Crippen MR) is 41.6 cm³/mol. The van der Waals surface area contributed by atoms with E-state index in [4.69, 9.17) is 15.9 Å². The number of Topliss-reactive ketones (excluding diaryl/α,β-unsaturated/α-hetero) is 1. The van der Waals surface area contributed by atoms with Gasteiger partial charge in [0.1, 0.15) is 0 Å². The Kier molecular flexibility index (Phi) is 5.23. The SMILES string of the molecule is NCCCC(O)CC(=O)C(=O)O. The molecule has 0 spiro atoms. The summed E-state index contributed by atoms with van der Waals surface area (Å²) in [4.78, 5) is 20.5. The highest BCUT2D eigenvalue weighted by Crippen LogP contribution is 2.01. The second kappa shape index (κ2) is 5.68. The molecule has 4 N–H and O–H groups in total. The summed E-state index contributed by atoms with van der Waals surface area (Å²) in [6.07, 6.45) is -0.240. The molecule has 0 saturated heterocycles. The Morgan fingerprint density at radius 1 is 1.42 bits per heavy atom. The number of carboxylic acids is 1. The second-order valence-corrected chi connectivity index (χ2v) is 2.52. The third kappa shape index (κ3) is 4.81. The first kappa shape index (κ1) is 11.1. The molecule has 1 unspecified atom stereocenters. The zero-order valence-electron chi connectivity index (χ0n) is 6.69. The summed E-state index contributed by atoms with van der Waals surface area (Å²) in [6.45, 7) is 0.429. The predicted octanol–water partition coefficient (Wildman–Crippen LogP) is -0.870. The normalized spacial score (nSPS) is 12.5. The van der Waals surface area contributed by atoms with Crippen LogP contribution >= 0.6 is 0 Å². The lowest BCUT2D eigenvalue weighted by Gasteiger charge is -2.05. The Bertz CT molecular complexity index is 169. The second-order valence-electron chi connectivity index (χ2n) is 2.52. The first-order valence-electron chi connectivity index (χ1n) is 3.72. The number of carbonyl (C=O) groups excluding carboxylic acids is 1. The minimum atomic E-state index is -1.50. The van der Waals surface area contributed by atoms with E-state index in [9.17, 15) is 9.59 Å². The van der Waals surface area contributed by atoms with E-state index < -0.39 is 17.9 Å². The molecule has 70 valence electrons. The smallest absolute Gasteiger partial charge is 0.372 e. The highest BCUT2D eigenvalue weighted by molar-refractivity contribution is 6.32. The van der Waals surface area contributed by atoms with Crippen molar-refractivity contribution < 1.29 is 19.8 Å². The average molecular weight is 175 g/mol. The molecule has 0 fully saturated rings. The number of carbonyl (C=O) groups is 2. The fourth-order valence-corrected chi connectivity index (χ4v) is 0.757. The minimum absolute atomic E-state index is 0.324. The molecule has 0 amide bonds. The molecular formula is C7H13NO4. The van der Waals surface area contributed by atoms with Gasteiger partial charge in [0.05, 0.1) is 6.10 Å². The molecule has 5 nitrogen and oxygen atoms in total. The van der Waals surface area contributed by atoms with Crippen LogP contribution in [0.4, 0.5) is 0 Å². The van der Waals surface area contributed by atoms with Crippen molar-refractivity contribution in [2.45, 2.75) is 25.4 Å². The van der Waals surface area contributed by atoms with Crippen LogP contribution in [0.5, 0.6) is 0 Å². The van der Waals surface area contributed by atoms with Crippen LogP contribution in [0.3, 0.4) is 0 Å². The Labute approximate surface area is 70.2 Å². The first-order chi connectivity index (χ1) is 5.57. The highest BCUT2D eigenvalue weighted by atomic mass is 16.4. The summed E-state index contributed by atoms with van der Waals surface area (Å²) < 4.78 is 0. The zero-order valence-corrected chi connectivity index (χ0v) is 6.69. The summed E-state index contributed by atoms with van der Waals surface area (Å²) >= 11 is 0. The standard InChI is InChI=1S/C7H13NO4/c8-3-1-2-5(9)4-6(10)7(11)12/h5,9H,1-4,8H2,(H,11,12). The van der Waals surface area contributed by atoms with Gasteiger partial charge in [0.15, 0.2) is 0 Å². The molecule has 0 aromatic carbocycles. The van der Waals surface area contributed by atoms with Crippen molar-refractivity contribution in [3.8, 4) is 0 Å². The van der Waals surface area contributed by atoms with Crippen LogP contribution in [0, 0.1) is 0 Å². The molecule has 0 aliphatic heterocycles. The summed E-state index contributed by atoms with van der Waals surface area (Å²) in [5, 5.41) is 17.2. The van der Waals surface area contributed by atoms with Gasteiger partial charge < -0.3 is 15.9 Å². The van der Waals surface area contributed by atoms with E-state index >= 15 is 0 Å². The lowest BCUT2D eigenvalue weighted by atomic mass is 10.1. The van der Waals surface area contributed by atoms with E-state index in [1.165, 1.54) is 0 Å². The lowest BCUT2D eigenvalue weighted by molar-refractivity contribution is -0.150. The van der Waals surface area contributed by atoms with Gasteiger partial charge in [-0.1, -0.05) is 0 Å². The Morgan fingerprint density at radius 2 is 2.00 bits per heavy atom. The molecule has 0 rings (SSSR count). The number of hydrogen-bond donors (Lipinski definition) is 3. The number of aliphatic carboxylic acids is 1. The van der Waals surface area contributed by atoms with Crippen molar-refractivity contribution in [3.05, 3.63) is 0 Å². The van der Waals surface area contributed by atoms with Gasteiger partial charge in [-0.15, -0.1) is 0 Å². The van der Waals surface area contributed by atoms with Gasteiger partial charge in [0.25, 0.3) is 0 Å². The fourth-order valence-electron chi connectivity index (χ4n) is 0.757. The van der Waals surface area contributed by atoms with Crippen molar-refractivity contribution in [3.63, 3.8) is 0 Å². The van der Waals surface area contributed by atoms with E-state index in [2.05, 4.69) is 0 Å². The zero-order chi connectivity index (χ0) is 9.56. The van der Waals surface area contributed by atoms with Gasteiger partial charge in [-0.3, -0.25) is 4.79 Å². The van der Waals surface area contributed by atoms with Gasteiger partial charge in [0, 0.05) is 6.42 Å². The molecule has 0 aromatic rings. The van der Waals surface area contributed by atoms with E-state index in [0.717, 1.165) is 0 Å². The topological polar surface area (TPSA) is 101 Å². The van der Waals surface area contributed by atoms with Crippen LogP contribution in [-0.2, 0) is 9.59 Å². The molecule has 0 aliphatic rings. The molecule has 0 aromatic heterocycles. The van der Waals surface area contributed by atoms with E-state index in [0.29, 0.717) is 19.4 Å². The molecular weight excluding hydrogens is 162 g/mol. The maximum absolute atomic E-state index is 10.5. The van der Waals surface area contributed by atoms with Gasteiger partial charge in [0.2, 0.25) is 5.78 Å². The van der Waals surface area contributed by atoms with E-state index in [1.54, 1.807) is 0 Å². The number of hydrogen-bond acceptors (Lipinski definition) is 4. The van der Waals surface area contributed by atoms with Crippen LogP contribution in [-0.4, -0.2) is 34.6 Å². The largest absolute Gasteiger partial charge is 0.475 e. The first-order valence-corrected chi connectivity index (χ1v) is 3.72. The van der Waals surface area contributed by atoms with Gasteiger partial charge in [-0.2, -0.15) is 0 Å². The van der Waals surface area contributed by atoms with Gasteiger partial charge >= 0.3 is 5.97 Å². The number of aliphatic hydroxyl groups excluding tert-OH is 1. The van der Waals surface area contributed by atoms with Crippen molar-refractivity contribution in [2.24, 2.45) is 5.73 Å². The van der Waals surface area contributed by atoms with Crippen LogP contribution < -0.4 is 5.73 Å². The van der Waals surface area contributed by atoms with Gasteiger partial charge in [-0.25, -0.2) is 4.79 Å². The summed E-state index contributed by atoms with van der Waals surface area (Å²) in [7, 11) is 0. The van der Waals surface area contributed by atoms with Crippen LogP contribution in [0.2, 0.25) is 0 Å². The van der Waals surface area contributed by atoms with Crippen LogP contribution in [0.1, 0.15) is 19.3 Å². The monoisotopic (exact) mass is 175 g/mol. The van der Waals surface area contributed by atoms with Crippen molar-refractivity contribution >= 4 is 11.8 Å². The number of carboxylic acid groups (broad SMARTS) is 1. The fraction of sp³-hybridized carbons (Fsp3) is 0.714. The number of aliphatic hydroxyl groups is 1. The van der Waals surface area contributed by atoms with Crippen molar-refractivity contribution in [1.29, 1.82) is 0 Å². The third-order valence-electron chi connectivity index (χ3n) is 1.40. The Hall–Kier alpha value is -0.940. The van der Waals surface area contributed by atoms with Crippen molar-refractivity contribution in [1.82, 2.24) is 0 Å². The van der Waals surface area contributed by atoms with Gasteiger partial charge in [-0.05, 0) is 19.4 Å². The molecule has 12 heavy (non-hydrogen) atoms. The van der Waals surface area contributed by atoms with Crippen LogP contribution in [0.15, 0.2) is 0 Å². The number of nitrogens with two attached hydrogens (primary N) is 1. The third-order valence-corrected chi connectivity index (χ3v) is 1.40. The minimum Gasteiger partial charge on any atom is -0.475 e. The maximum atomic E-state index is 10.5. The maximum Gasteiger partial charge on any atom is 0.372 e. The van der Waals surface area contributed by atoms with Crippen LogP contribution in [0.25, 0.3) is 0 Å². The summed E-state index contributed by atoms with van der Waals surface area (Å²) in [5.41, 5.74) is 5.16. The Morgan fingerprint density at radius 3 is 2.42 bits per heavy atom. The Balaban J connectivity index is 3.61.